The minimum Gasteiger partial charge on any atom is -0.493 e. The lowest BCUT2D eigenvalue weighted by molar-refractivity contribution is -0.137. The Morgan fingerprint density at radius 1 is 1.05 bits per heavy atom. The van der Waals surface area contributed by atoms with Crippen LogP contribution in [-0.2, 0) is 19.1 Å². The summed E-state index contributed by atoms with van der Waals surface area (Å²) < 4.78 is 16.7. The predicted octanol–water partition coefficient (Wildman–Crippen LogP) is 2.48. The normalized spacial score (nSPS) is 22.4. The summed E-state index contributed by atoms with van der Waals surface area (Å²) in [5, 5.41) is -0.0868. The molecule has 0 unspecified atom stereocenters. The van der Waals surface area contributed by atoms with E-state index in [2.05, 4.69) is 4.98 Å². The number of ether oxygens (including phenoxy) is 3. The molecule has 12 heteroatoms. The number of nitrogens with one attached hydrogen (secondary N) is 1. The van der Waals surface area contributed by atoms with E-state index < -0.39 is 17.1 Å². The van der Waals surface area contributed by atoms with Crippen LogP contribution < -0.4 is 19.2 Å². The highest BCUT2D eigenvalue weighted by Gasteiger charge is 2.56. The first-order chi connectivity index (χ1) is 19.0. The fourth-order valence-corrected chi connectivity index (χ4v) is 7.76. The maximum Gasteiger partial charge on any atom is 0.305 e. The van der Waals surface area contributed by atoms with Crippen LogP contribution >= 0.6 is 23.1 Å². The van der Waals surface area contributed by atoms with Crippen LogP contribution in [0.4, 0.5) is 5.69 Å². The number of benzene rings is 2. The number of carbonyl (C=O) groups excluding carboxylic acids is 3. The van der Waals surface area contributed by atoms with Gasteiger partial charge in [-0.3, -0.25) is 19.2 Å². The zero-order valence-corrected chi connectivity index (χ0v) is 22.6. The Morgan fingerprint density at radius 3 is 2.56 bits per heavy atom. The molecular weight excluding hydrogens is 542 g/mol. The lowest BCUT2D eigenvalue weighted by Gasteiger charge is -2.30. The SMILES string of the molecule is COc1cc([C@@H]2c3sc(=O)[nH]c3S[C@H]3C(=O)N(c4ccccc4)C(=O)[C@@H]23)ccc1OCC(=O)N1CCOCC1. The third-order valence-corrected chi connectivity index (χ3v) is 9.50. The fraction of sp³-hybridized carbons (Fsp3) is 0.333. The van der Waals surface area contributed by atoms with Crippen LogP contribution in [0, 0.1) is 5.92 Å². The number of morpholine rings is 1. The quantitative estimate of drug-likeness (QED) is 0.452. The number of anilines is 1. The number of aromatic nitrogens is 1. The van der Waals surface area contributed by atoms with E-state index in [0.717, 1.165) is 11.3 Å². The molecule has 0 radical (unpaired) electrons. The molecule has 3 aromatic rings. The maximum atomic E-state index is 13.8. The van der Waals surface area contributed by atoms with Gasteiger partial charge in [0.25, 0.3) is 5.91 Å². The van der Waals surface area contributed by atoms with Crippen molar-refractivity contribution in [2.24, 2.45) is 5.92 Å². The number of fused-ring (bicyclic) bond motifs is 2. The second kappa shape index (κ2) is 10.5. The first-order valence-corrected chi connectivity index (χ1v) is 14.1. The summed E-state index contributed by atoms with van der Waals surface area (Å²) in [6, 6.07) is 14.1. The monoisotopic (exact) mass is 567 g/mol. The minimum absolute atomic E-state index is 0.144. The molecule has 3 aliphatic rings. The molecule has 0 bridgehead atoms. The zero-order valence-electron chi connectivity index (χ0n) is 21.0. The molecule has 1 N–H and O–H groups in total. The summed E-state index contributed by atoms with van der Waals surface area (Å²) in [6.45, 7) is 1.90. The van der Waals surface area contributed by atoms with Crippen LogP contribution in [-0.4, -0.2) is 72.9 Å². The van der Waals surface area contributed by atoms with E-state index in [1.807, 2.05) is 6.07 Å². The van der Waals surface area contributed by atoms with Gasteiger partial charge in [0.2, 0.25) is 11.8 Å². The van der Waals surface area contributed by atoms with E-state index in [0.29, 0.717) is 59.0 Å². The molecule has 0 aliphatic carbocycles. The highest BCUT2D eigenvalue weighted by atomic mass is 32.2. The van der Waals surface area contributed by atoms with Gasteiger partial charge < -0.3 is 24.1 Å². The number of imide groups is 1. The zero-order chi connectivity index (χ0) is 27.1. The molecule has 3 atom stereocenters. The third-order valence-electron chi connectivity index (χ3n) is 7.10. The molecule has 202 valence electrons. The van der Waals surface area contributed by atoms with Crippen molar-refractivity contribution in [2.45, 2.75) is 16.2 Å². The van der Waals surface area contributed by atoms with Gasteiger partial charge in [-0.1, -0.05) is 47.4 Å². The van der Waals surface area contributed by atoms with E-state index in [-0.39, 0.29) is 29.2 Å². The van der Waals surface area contributed by atoms with Gasteiger partial charge >= 0.3 is 4.87 Å². The Labute approximate surface area is 231 Å². The molecule has 2 aromatic carbocycles. The highest BCUT2D eigenvalue weighted by molar-refractivity contribution is 8.00. The molecule has 10 nitrogen and oxygen atoms in total. The molecule has 0 spiro atoms. The number of hydrogen-bond acceptors (Lipinski definition) is 9. The topological polar surface area (TPSA) is 118 Å². The van der Waals surface area contributed by atoms with Crippen LogP contribution in [0.3, 0.4) is 0 Å². The Bertz CT molecular complexity index is 1480. The summed E-state index contributed by atoms with van der Waals surface area (Å²) in [6.07, 6.45) is 0. The van der Waals surface area contributed by atoms with Crippen LogP contribution in [0.25, 0.3) is 0 Å². The number of hydrogen-bond donors (Lipinski definition) is 1. The first-order valence-electron chi connectivity index (χ1n) is 12.4. The van der Waals surface area contributed by atoms with Crippen LogP contribution in [0.15, 0.2) is 58.4 Å². The van der Waals surface area contributed by atoms with E-state index in [1.165, 1.54) is 23.8 Å². The number of amides is 3. The van der Waals surface area contributed by atoms with E-state index in [4.69, 9.17) is 14.2 Å². The number of thioether (sulfide) groups is 1. The van der Waals surface area contributed by atoms with Gasteiger partial charge in [-0.25, -0.2) is 4.90 Å². The first kappa shape index (κ1) is 25.7. The molecule has 2 saturated heterocycles. The number of carbonyl (C=O) groups is 3. The molecule has 2 fully saturated rings. The van der Waals surface area contributed by atoms with Crippen molar-refractivity contribution in [3.05, 3.63) is 68.6 Å². The van der Waals surface area contributed by atoms with Crippen molar-refractivity contribution in [1.29, 1.82) is 0 Å². The Morgan fingerprint density at radius 2 is 1.82 bits per heavy atom. The average Bonchev–Trinajstić information content (AvgIpc) is 3.46. The largest absolute Gasteiger partial charge is 0.493 e. The molecule has 6 rings (SSSR count). The molecule has 3 amide bonds. The van der Waals surface area contributed by atoms with Gasteiger partial charge in [-0.15, -0.1) is 0 Å². The Kier molecular flexibility index (Phi) is 6.92. The second-order valence-electron chi connectivity index (χ2n) is 9.29. The van der Waals surface area contributed by atoms with E-state index in [1.54, 1.807) is 47.4 Å². The highest BCUT2D eigenvalue weighted by Crippen LogP contribution is 2.53. The van der Waals surface area contributed by atoms with Crippen molar-refractivity contribution < 1.29 is 28.6 Å². The van der Waals surface area contributed by atoms with E-state index >= 15 is 0 Å². The summed E-state index contributed by atoms with van der Waals surface area (Å²) in [4.78, 5) is 58.5. The summed E-state index contributed by atoms with van der Waals surface area (Å²) >= 11 is 2.27. The number of rotatable bonds is 6. The average molecular weight is 568 g/mol. The Balaban J connectivity index is 1.32. The number of methoxy groups -OCH3 is 1. The molecule has 3 aliphatic heterocycles. The van der Waals surface area contributed by atoms with Gasteiger partial charge in [-0.05, 0) is 29.8 Å². The third kappa shape index (κ3) is 4.62. The van der Waals surface area contributed by atoms with Crippen molar-refractivity contribution in [3.8, 4) is 11.5 Å². The lowest BCUT2D eigenvalue weighted by atomic mass is 9.83. The molecular formula is C27H25N3O7S2. The van der Waals surface area contributed by atoms with Crippen molar-refractivity contribution in [1.82, 2.24) is 9.88 Å². The maximum absolute atomic E-state index is 13.8. The van der Waals surface area contributed by atoms with E-state index in [9.17, 15) is 19.2 Å². The fourth-order valence-electron chi connectivity index (χ4n) is 5.25. The minimum atomic E-state index is -0.707. The van der Waals surface area contributed by atoms with Gasteiger partial charge in [-0.2, -0.15) is 0 Å². The predicted molar refractivity (Wildman–Crippen MR) is 145 cm³/mol. The van der Waals surface area contributed by atoms with Crippen molar-refractivity contribution in [3.63, 3.8) is 0 Å². The van der Waals surface area contributed by atoms with Crippen molar-refractivity contribution in [2.75, 3.05) is 44.9 Å². The summed E-state index contributed by atoms with van der Waals surface area (Å²) in [5.74, 6) is -1.24. The molecule has 0 saturated carbocycles. The van der Waals surface area contributed by atoms with Gasteiger partial charge in [0.15, 0.2) is 18.1 Å². The standard InChI is InChI=1S/C27H25N3O7S2/c1-35-18-13-15(7-8-17(18)37-14-19(31)29-9-11-36-12-10-29)20-21-23(38-24-22(20)39-27(34)28-24)26(33)30(25(21)32)16-5-3-2-4-6-16/h2-8,13,20-21,23H,9-12,14H2,1H3,(H,28,34)/t20-,21-,23+/m0/s1. The Hall–Kier alpha value is -3.61. The summed E-state index contributed by atoms with van der Waals surface area (Å²) in [7, 11) is 1.50. The molecule has 1 aromatic heterocycles. The van der Waals surface area contributed by atoms with Gasteiger partial charge in [0, 0.05) is 23.9 Å². The summed E-state index contributed by atoms with van der Waals surface area (Å²) in [5.41, 5.74) is 1.23. The van der Waals surface area contributed by atoms with Crippen molar-refractivity contribution >= 4 is 46.5 Å². The van der Waals surface area contributed by atoms with Gasteiger partial charge in [0.1, 0.15) is 5.25 Å². The number of thiazole rings is 1. The lowest BCUT2D eigenvalue weighted by Crippen LogP contribution is -2.43. The second-order valence-corrected chi connectivity index (χ2v) is 11.5. The number of nitrogens with zero attached hydrogens (tertiary/aromatic N) is 2. The number of para-hydroxylation sites is 1. The van der Waals surface area contributed by atoms with Crippen LogP contribution in [0.1, 0.15) is 16.4 Å². The molecule has 4 heterocycles. The molecule has 39 heavy (non-hydrogen) atoms. The van der Waals surface area contributed by atoms with Crippen LogP contribution in [0.2, 0.25) is 0 Å². The van der Waals surface area contributed by atoms with Gasteiger partial charge in [0.05, 0.1) is 37.0 Å². The number of H-pyrrole nitrogens is 1. The smallest absolute Gasteiger partial charge is 0.305 e. The number of aromatic amines is 1. The van der Waals surface area contributed by atoms with Crippen LogP contribution in [0.5, 0.6) is 11.5 Å².